The van der Waals surface area contributed by atoms with Crippen molar-refractivity contribution in [3.63, 3.8) is 0 Å². The minimum atomic E-state index is -1.11. The van der Waals surface area contributed by atoms with Gasteiger partial charge in [0.25, 0.3) is 11.6 Å². The van der Waals surface area contributed by atoms with Gasteiger partial charge in [-0.1, -0.05) is 23.7 Å². The molecule has 2 aromatic heterocycles. The number of nitrogens with zero attached hydrogens (tertiary/aromatic N) is 4. The first-order valence-corrected chi connectivity index (χ1v) is 9.84. The fourth-order valence-corrected chi connectivity index (χ4v) is 3.56. The van der Waals surface area contributed by atoms with Crippen LogP contribution in [0.5, 0.6) is 0 Å². The number of halogens is 1. The number of non-ortho nitro benzene ring substituents is 1. The number of aromatic nitrogens is 3. The van der Waals surface area contributed by atoms with Crippen molar-refractivity contribution in [2.24, 2.45) is 7.05 Å². The number of anilines is 1. The zero-order chi connectivity index (χ0) is 22.0. The third-order valence-corrected chi connectivity index (χ3v) is 5.29. The SMILES string of the molecule is Cc1nn(C)c(Cl)c1C(=O)OC(C)C(=O)Nc1nc(-c2cccc([N+](=O)[O-])c2)cs1. The van der Waals surface area contributed by atoms with Crippen LogP contribution < -0.4 is 5.32 Å². The van der Waals surface area contributed by atoms with Gasteiger partial charge in [-0.2, -0.15) is 5.10 Å². The number of amides is 1. The van der Waals surface area contributed by atoms with E-state index in [2.05, 4.69) is 15.4 Å². The molecule has 0 aliphatic rings. The first-order valence-electron chi connectivity index (χ1n) is 8.58. The second kappa shape index (κ2) is 8.59. The summed E-state index contributed by atoms with van der Waals surface area (Å²) in [4.78, 5) is 39.4. The van der Waals surface area contributed by atoms with Crippen molar-refractivity contribution in [3.05, 3.63) is 56.2 Å². The molecule has 0 aliphatic carbocycles. The molecule has 0 spiro atoms. The summed E-state index contributed by atoms with van der Waals surface area (Å²) in [6.45, 7) is 3.03. The molecular weight excluding hydrogens is 434 g/mol. The first-order chi connectivity index (χ1) is 14.2. The lowest BCUT2D eigenvalue weighted by molar-refractivity contribution is -0.384. The maximum Gasteiger partial charge on any atom is 0.343 e. The summed E-state index contributed by atoms with van der Waals surface area (Å²) in [5, 5.41) is 19.6. The third-order valence-electron chi connectivity index (χ3n) is 4.10. The molecule has 1 amide bonds. The van der Waals surface area contributed by atoms with Crippen molar-refractivity contribution in [2.75, 3.05) is 5.32 Å². The van der Waals surface area contributed by atoms with Gasteiger partial charge in [-0.15, -0.1) is 11.3 Å². The number of carbonyl (C=O) groups excluding carboxylic acids is 2. The number of esters is 1. The van der Waals surface area contributed by atoms with E-state index in [9.17, 15) is 19.7 Å². The highest BCUT2D eigenvalue weighted by Crippen LogP contribution is 2.27. The summed E-state index contributed by atoms with van der Waals surface area (Å²) < 4.78 is 6.53. The van der Waals surface area contributed by atoms with Crippen LogP contribution in [0.4, 0.5) is 10.8 Å². The van der Waals surface area contributed by atoms with Crippen LogP contribution in [0.1, 0.15) is 23.0 Å². The predicted octanol–water partition coefficient (Wildman–Crippen LogP) is 3.60. The molecule has 12 heteroatoms. The Morgan fingerprint density at radius 3 is 2.77 bits per heavy atom. The monoisotopic (exact) mass is 449 g/mol. The molecule has 0 radical (unpaired) electrons. The Hall–Kier alpha value is -3.31. The van der Waals surface area contributed by atoms with Crippen LogP contribution in [0.15, 0.2) is 29.6 Å². The van der Waals surface area contributed by atoms with Gasteiger partial charge in [-0.05, 0) is 13.8 Å². The first kappa shape index (κ1) is 21.4. The quantitative estimate of drug-likeness (QED) is 0.345. The van der Waals surface area contributed by atoms with Crippen LogP contribution in [-0.2, 0) is 16.6 Å². The molecule has 0 saturated heterocycles. The molecule has 156 valence electrons. The highest BCUT2D eigenvalue weighted by atomic mass is 35.5. The Bertz CT molecular complexity index is 1140. The molecule has 2 heterocycles. The number of hydrogen-bond acceptors (Lipinski definition) is 8. The highest BCUT2D eigenvalue weighted by molar-refractivity contribution is 7.14. The fraction of sp³-hybridized carbons (Fsp3) is 0.222. The number of rotatable bonds is 6. The summed E-state index contributed by atoms with van der Waals surface area (Å²) in [6, 6.07) is 6.01. The van der Waals surface area contributed by atoms with Gasteiger partial charge < -0.3 is 4.74 Å². The lowest BCUT2D eigenvalue weighted by atomic mass is 10.1. The van der Waals surface area contributed by atoms with Crippen molar-refractivity contribution >= 4 is 45.6 Å². The third kappa shape index (κ3) is 4.47. The molecule has 1 N–H and O–H groups in total. The Morgan fingerprint density at radius 2 is 2.13 bits per heavy atom. The minimum Gasteiger partial charge on any atom is -0.449 e. The highest BCUT2D eigenvalue weighted by Gasteiger charge is 2.25. The lowest BCUT2D eigenvalue weighted by Gasteiger charge is -2.12. The number of carbonyl (C=O) groups is 2. The van der Waals surface area contributed by atoms with Gasteiger partial charge in [0.15, 0.2) is 11.2 Å². The summed E-state index contributed by atoms with van der Waals surface area (Å²) in [7, 11) is 1.59. The van der Waals surface area contributed by atoms with E-state index >= 15 is 0 Å². The molecule has 1 aromatic carbocycles. The number of benzene rings is 1. The van der Waals surface area contributed by atoms with E-state index in [-0.39, 0.29) is 21.5 Å². The molecule has 30 heavy (non-hydrogen) atoms. The van der Waals surface area contributed by atoms with E-state index in [1.807, 2.05) is 0 Å². The van der Waals surface area contributed by atoms with Gasteiger partial charge in [-0.25, -0.2) is 9.78 Å². The normalized spacial score (nSPS) is 11.7. The van der Waals surface area contributed by atoms with Crippen LogP contribution in [0.25, 0.3) is 11.3 Å². The van der Waals surface area contributed by atoms with Crippen molar-refractivity contribution in [3.8, 4) is 11.3 Å². The van der Waals surface area contributed by atoms with Crippen molar-refractivity contribution in [2.45, 2.75) is 20.0 Å². The van der Waals surface area contributed by atoms with Crippen LogP contribution in [0.3, 0.4) is 0 Å². The van der Waals surface area contributed by atoms with E-state index in [0.717, 1.165) is 11.3 Å². The average molecular weight is 450 g/mol. The molecule has 3 aromatic rings. The van der Waals surface area contributed by atoms with Gasteiger partial charge in [0.05, 0.1) is 16.3 Å². The summed E-state index contributed by atoms with van der Waals surface area (Å²) >= 11 is 7.18. The number of thiazole rings is 1. The molecule has 1 unspecified atom stereocenters. The second-order valence-electron chi connectivity index (χ2n) is 6.26. The van der Waals surface area contributed by atoms with Gasteiger partial charge >= 0.3 is 5.97 Å². The van der Waals surface area contributed by atoms with Crippen LogP contribution in [-0.4, -0.2) is 37.7 Å². The largest absolute Gasteiger partial charge is 0.449 e. The fourth-order valence-electron chi connectivity index (χ4n) is 2.58. The van der Waals surface area contributed by atoms with E-state index < -0.39 is 22.9 Å². The number of ether oxygens (including phenoxy) is 1. The predicted molar refractivity (Wildman–Crippen MR) is 111 cm³/mol. The standard InChI is InChI=1S/C18H16ClN5O5S/c1-9-14(15(19)23(3)22-9)17(26)29-10(2)16(25)21-18-20-13(8-30-18)11-5-4-6-12(7-11)24(27)28/h4-8,10H,1-3H3,(H,20,21,25). The maximum atomic E-state index is 12.4. The smallest absolute Gasteiger partial charge is 0.343 e. The molecule has 1 atom stereocenters. The Kier molecular flexibility index (Phi) is 6.13. The number of nitrogens with one attached hydrogen (secondary N) is 1. The molecule has 10 nitrogen and oxygen atoms in total. The van der Waals surface area contributed by atoms with Crippen molar-refractivity contribution < 1.29 is 19.2 Å². The Morgan fingerprint density at radius 1 is 1.40 bits per heavy atom. The van der Waals surface area contributed by atoms with Crippen LogP contribution in [0.2, 0.25) is 5.15 Å². The second-order valence-corrected chi connectivity index (χ2v) is 7.47. The molecule has 3 rings (SSSR count). The lowest BCUT2D eigenvalue weighted by Crippen LogP contribution is -2.30. The van der Waals surface area contributed by atoms with Gasteiger partial charge in [0, 0.05) is 30.1 Å². The zero-order valence-electron chi connectivity index (χ0n) is 16.1. The van der Waals surface area contributed by atoms with E-state index in [1.165, 1.54) is 23.7 Å². The van der Waals surface area contributed by atoms with Gasteiger partial charge in [0.1, 0.15) is 10.7 Å². The van der Waals surface area contributed by atoms with Crippen molar-refractivity contribution in [1.82, 2.24) is 14.8 Å². The molecule has 0 aliphatic heterocycles. The zero-order valence-corrected chi connectivity index (χ0v) is 17.7. The molecule has 0 saturated carbocycles. The topological polar surface area (TPSA) is 129 Å². The molecule has 0 bridgehead atoms. The summed E-state index contributed by atoms with van der Waals surface area (Å²) in [6.07, 6.45) is -1.11. The Balaban J connectivity index is 1.67. The summed E-state index contributed by atoms with van der Waals surface area (Å²) in [5.74, 6) is -1.34. The number of nitro benzene ring substituents is 1. The number of nitro groups is 1. The van der Waals surface area contributed by atoms with E-state index in [4.69, 9.17) is 16.3 Å². The van der Waals surface area contributed by atoms with E-state index in [0.29, 0.717) is 17.0 Å². The number of hydrogen-bond donors (Lipinski definition) is 1. The Labute approximate surface area is 179 Å². The maximum absolute atomic E-state index is 12.4. The van der Waals surface area contributed by atoms with Crippen molar-refractivity contribution in [1.29, 1.82) is 0 Å². The summed E-state index contributed by atoms with van der Waals surface area (Å²) in [5.41, 5.74) is 1.45. The van der Waals surface area contributed by atoms with Gasteiger partial charge in [0.2, 0.25) is 0 Å². The van der Waals surface area contributed by atoms with Gasteiger partial charge in [-0.3, -0.25) is 24.9 Å². The number of aryl methyl sites for hydroxylation is 2. The molecule has 0 fully saturated rings. The average Bonchev–Trinajstić information content (AvgIpc) is 3.25. The van der Waals surface area contributed by atoms with E-state index in [1.54, 1.807) is 31.5 Å². The molecular formula is C18H16ClN5O5S. The van der Waals surface area contributed by atoms with Crippen LogP contribution in [0, 0.1) is 17.0 Å². The minimum absolute atomic E-state index is 0.0593. The van der Waals surface area contributed by atoms with Crippen LogP contribution >= 0.6 is 22.9 Å².